The highest BCUT2D eigenvalue weighted by Gasteiger charge is 2.66. The Kier molecular flexibility index (Phi) is 4.25. The fourth-order valence-corrected chi connectivity index (χ4v) is 6.60. The Balaban J connectivity index is 1.34. The van der Waals surface area contributed by atoms with Crippen molar-refractivity contribution < 1.29 is 24.0 Å². The highest BCUT2D eigenvalue weighted by molar-refractivity contribution is 5.61. The number of hydrogen-bond donors (Lipinski definition) is 1. The maximum absolute atomic E-state index is 13.3. The van der Waals surface area contributed by atoms with Gasteiger partial charge in [0, 0.05) is 44.0 Å². The molecule has 1 unspecified atom stereocenters. The minimum atomic E-state index is -0.662. The van der Waals surface area contributed by atoms with Crippen molar-refractivity contribution in [1.82, 2.24) is 4.90 Å². The summed E-state index contributed by atoms with van der Waals surface area (Å²) in [6, 6.07) is 4.09. The summed E-state index contributed by atoms with van der Waals surface area (Å²) in [7, 11) is 1.80. The van der Waals surface area contributed by atoms with E-state index in [2.05, 4.69) is 17.0 Å². The molecule has 6 atom stereocenters. The van der Waals surface area contributed by atoms with Crippen LogP contribution in [0.3, 0.4) is 0 Å². The molecule has 2 fully saturated rings. The molecule has 0 amide bonds. The number of morpholine rings is 1. The van der Waals surface area contributed by atoms with Gasteiger partial charge in [-0.25, -0.2) is 0 Å². The first-order chi connectivity index (χ1) is 14.5. The SMILES string of the molecule is C[N+]1([O-])CC[C@]23c4c5ccc(OCCN6CCOCC6)c4O[C@H]2[C@@H](O)C=C[C@H]3[C@H]1C5. The minimum Gasteiger partial charge on any atom is -0.633 e. The van der Waals surface area contributed by atoms with Crippen LogP contribution in [0.1, 0.15) is 17.5 Å². The lowest BCUT2D eigenvalue weighted by atomic mass is 9.53. The second-order valence-electron chi connectivity index (χ2n) is 9.63. The van der Waals surface area contributed by atoms with Gasteiger partial charge >= 0.3 is 0 Å². The number of nitrogens with zero attached hydrogens (tertiary/aromatic N) is 2. The third-order valence-corrected chi connectivity index (χ3v) is 8.13. The van der Waals surface area contributed by atoms with Crippen LogP contribution in [-0.4, -0.2) is 85.9 Å². The van der Waals surface area contributed by atoms with Crippen molar-refractivity contribution in [2.45, 2.75) is 36.5 Å². The Hall–Kier alpha value is -1.64. The molecular weight excluding hydrogens is 384 g/mol. The molecule has 7 heteroatoms. The highest BCUT2D eigenvalue weighted by atomic mass is 16.6. The number of quaternary nitrogens is 1. The number of aliphatic hydroxyl groups excluding tert-OH is 1. The number of hydroxylamine groups is 3. The smallest absolute Gasteiger partial charge is 0.166 e. The Bertz CT molecular complexity index is 881. The van der Waals surface area contributed by atoms with Gasteiger partial charge in [-0.1, -0.05) is 18.2 Å². The second kappa shape index (κ2) is 6.68. The van der Waals surface area contributed by atoms with Gasteiger partial charge in [-0.05, 0) is 11.6 Å². The van der Waals surface area contributed by atoms with Crippen LogP contribution in [0, 0.1) is 11.1 Å². The summed E-state index contributed by atoms with van der Waals surface area (Å²) in [5.74, 6) is 1.66. The van der Waals surface area contributed by atoms with E-state index in [1.165, 1.54) is 11.1 Å². The van der Waals surface area contributed by atoms with Crippen molar-refractivity contribution in [2.24, 2.45) is 5.92 Å². The average molecular weight is 415 g/mol. The fourth-order valence-electron chi connectivity index (χ4n) is 6.60. The predicted molar refractivity (Wildman–Crippen MR) is 110 cm³/mol. The van der Waals surface area contributed by atoms with Crippen LogP contribution >= 0.6 is 0 Å². The monoisotopic (exact) mass is 414 g/mol. The Morgan fingerprint density at radius 1 is 1.30 bits per heavy atom. The third kappa shape index (κ3) is 2.56. The maximum atomic E-state index is 13.3. The van der Waals surface area contributed by atoms with Gasteiger partial charge < -0.3 is 29.2 Å². The van der Waals surface area contributed by atoms with Crippen molar-refractivity contribution in [3.8, 4) is 11.5 Å². The highest BCUT2D eigenvalue weighted by Crippen LogP contribution is 2.63. The van der Waals surface area contributed by atoms with Crippen LogP contribution in [0.5, 0.6) is 11.5 Å². The second-order valence-corrected chi connectivity index (χ2v) is 9.63. The number of rotatable bonds is 4. The summed E-state index contributed by atoms with van der Waals surface area (Å²) in [6.07, 6.45) is 4.41. The zero-order valence-electron chi connectivity index (χ0n) is 17.5. The molecule has 1 aromatic rings. The molecule has 0 aromatic heterocycles. The quantitative estimate of drug-likeness (QED) is 0.454. The Morgan fingerprint density at radius 3 is 2.97 bits per heavy atom. The largest absolute Gasteiger partial charge is 0.633 e. The summed E-state index contributed by atoms with van der Waals surface area (Å²) in [4.78, 5) is 2.35. The molecule has 6 rings (SSSR count). The van der Waals surface area contributed by atoms with Gasteiger partial charge in [-0.2, -0.15) is 0 Å². The number of ether oxygens (including phenoxy) is 3. The Morgan fingerprint density at radius 2 is 2.13 bits per heavy atom. The van der Waals surface area contributed by atoms with Crippen LogP contribution in [0.25, 0.3) is 0 Å². The molecule has 0 radical (unpaired) electrons. The lowest BCUT2D eigenvalue weighted by Gasteiger charge is -2.61. The van der Waals surface area contributed by atoms with Crippen molar-refractivity contribution >= 4 is 0 Å². The van der Waals surface area contributed by atoms with Crippen LogP contribution in [-0.2, 0) is 16.6 Å². The number of benzene rings is 1. The molecule has 7 nitrogen and oxygen atoms in total. The van der Waals surface area contributed by atoms with Gasteiger partial charge in [0.05, 0.1) is 38.3 Å². The number of likely N-dealkylation sites (tertiary alicyclic amines) is 1. The zero-order chi connectivity index (χ0) is 20.5. The molecule has 1 N–H and O–H groups in total. The summed E-state index contributed by atoms with van der Waals surface area (Å²) >= 11 is 0. The molecule has 30 heavy (non-hydrogen) atoms. The van der Waals surface area contributed by atoms with E-state index >= 15 is 0 Å². The average Bonchev–Trinajstić information content (AvgIpc) is 3.10. The van der Waals surface area contributed by atoms with E-state index < -0.39 is 6.10 Å². The fraction of sp³-hybridized carbons (Fsp3) is 0.652. The van der Waals surface area contributed by atoms with Gasteiger partial charge in [0.2, 0.25) is 0 Å². The van der Waals surface area contributed by atoms with Crippen LogP contribution < -0.4 is 9.47 Å². The van der Waals surface area contributed by atoms with E-state index in [0.29, 0.717) is 13.2 Å². The van der Waals surface area contributed by atoms with Gasteiger partial charge in [-0.15, -0.1) is 0 Å². The third-order valence-electron chi connectivity index (χ3n) is 8.13. The summed E-state index contributed by atoms with van der Waals surface area (Å²) in [5, 5.41) is 24.1. The molecule has 3 heterocycles. The van der Waals surface area contributed by atoms with Crippen molar-refractivity contribution in [3.05, 3.63) is 40.6 Å². The number of likely N-dealkylation sites (N-methyl/N-ethyl adjacent to an activating group) is 1. The van der Waals surface area contributed by atoms with Gasteiger partial charge in [0.25, 0.3) is 0 Å². The molecule has 2 aliphatic carbocycles. The minimum absolute atomic E-state index is 0.0276. The van der Waals surface area contributed by atoms with Crippen LogP contribution in [0.15, 0.2) is 24.3 Å². The van der Waals surface area contributed by atoms with Crippen molar-refractivity contribution in [2.75, 3.05) is 53.0 Å². The standard InChI is InChI=1S/C23H30N2O5/c1-25(27)10-6-23-16-3-4-18(26)22(23)30-21-19(5-2-15(20(21)23)14-17(16)25)29-13-9-24-7-11-28-12-8-24/h2-5,16-18,22,26H,6-14H2,1H3/t16-,17+,18-,22-,23-,25?/m0/s1. The first-order valence-corrected chi connectivity index (χ1v) is 11.2. The summed E-state index contributed by atoms with van der Waals surface area (Å²) in [5.41, 5.74) is 2.07. The van der Waals surface area contributed by atoms with Crippen LogP contribution in [0.4, 0.5) is 0 Å². The molecule has 2 saturated heterocycles. The summed E-state index contributed by atoms with van der Waals surface area (Å²) < 4.78 is 17.9. The van der Waals surface area contributed by atoms with Gasteiger partial charge in [0.15, 0.2) is 11.5 Å². The van der Waals surface area contributed by atoms with E-state index in [9.17, 15) is 10.3 Å². The topological polar surface area (TPSA) is 74.2 Å². The Labute approximate surface area is 177 Å². The number of hydrogen-bond acceptors (Lipinski definition) is 6. The van der Waals surface area contributed by atoms with Gasteiger partial charge in [0.1, 0.15) is 18.8 Å². The van der Waals surface area contributed by atoms with E-state index in [0.717, 1.165) is 57.2 Å². The molecule has 0 saturated carbocycles. The van der Waals surface area contributed by atoms with Gasteiger partial charge in [-0.3, -0.25) is 4.90 Å². The van der Waals surface area contributed by atoms with E-state index in [4.69, 9.17) is 14.2 Å². The lowest BCUT2D eigenvalue weighted by Crippen LogP contribution is -2.69. The lowest BCUT2D eigenvalue weighted by molar-refractivity contribution is -0.898. The molecule has 5 aliphatic rings. The normalized spacial score (nSPS) is 41.3. The molecule has 1 spiro atoms. The zero-order valence-corrected chi connectivity index (χ0v) is 17.5. The van der Waals surface area contributed by atoms with E-state index in [1.54, 1.807) is 7.05 Å². The molecule has 162 valence electrons. The molecule has 3 aliphatic heterocycles. The molecular formula is C23H30N2O5. The molecule has 2 bridgehead atoms. The predicted octanol–water partition coefficient (Wildman–Crippen LogP) is 1.22. The number of piperidine rings is 1. The van der Waals surface area contributed by atoms with Crippen molar-refractivity contribution in [1.29, 1.82) is 0 Å². The maximum Gasteiger partial charge on any atom is 0.166 e. The first-order valence-electron chi connectivity index (χ1n) is 11.2. The van der Waals surface area contributed by atoms with E-state index in [1.807, 2.05) is 12.1 Å². The van der Waals surface area contributed by atoms with Crippen molar-refractivity contribution in [3.63, 3.8) is 0 Å². The first kappa shape index (κ1) is 19.1. The number of aliphatic hydroxyl groups is 1. The van der Waals surface area contributed by atoms with Crippen LogP contribution in [0.2, 0.25) is 0 Å². The van der Waals surface area contributed by atoms with E-state index in [-0.39, 0.29) is 28.1 Å². The summed E-state index contributed by atoms with van der Waals surface area (Å²) in [6.45, 7) is 5.45. The molecule has 1 aromatic carbocycles.